The summed E-state index contributed by atoms with van der Waals surface area (Å²) in [6, 6.07) is 7.01. The predicted molar refractivity (Wildman–Crippen MR) is 63.6 cm³/mol. The average molecular weight is 235 g/mol. The van der Waals surface area contributed by atoms with Gasteiger partial charge in [0.1, 0.15) is 0 Å². The number of aromatic amines is 1. The average Bonchev–Trinajstić information content (AvgIpc) is 2.55. The Bertz CT molecular complexity index is 619. The van der Waals surface area contributed by atoms with E-state index in [-0.39, 0.29) is 0 Å². The minimum Gasteiger partial charge on any atom is -0.330 e. The zero-order valence-electron chi connectivity index (χ0n) is 9.09. The lowest BCUT2D eigenvalue weighted by Crippen LogP contribution is -2.30. The monoisotopic (exact) mass is 235 g/mol. The van der Waals surface area contributed by atoms with E-state index in [1.165, 1.54) is 0 Å². The maximum Gasteiger partial charge on any atom is 0.370 e. The van der Waals surface area contributed by atoms with Gasteiger partial charge in [0, 0.05) is 0 Å². The van der Waals surface area contributed by atoms with Crippen LogP contribution in [-0.2, 0) is 6.42 Å². The molecule has 0 saturated carbocycles. The van der Waals surface area contributed by atoms with Crippen LogP contribution >= 0.6 is 0 Å². The minimum absolute atomic E-state index is 0.473. The highest BCUT2D eigenvalue weighted by atomic mass is 16.2. The normalized spacial score (nSPS) is 10.6. The van der Waals surface area contributed by atoms with Crippen LogP contribution in [0.2, 0.25) is 0 Å². The number of benzene rings is 1. The van der Waals surface area contributed by atoms with E-state index in [9.17, 15) is 9.59 Å². The molecule has 5 N–H and O–H groups in total. The van der Waals surface area contributed by atoms with Gasteiger partial charge in [-0.05, 0) is 30.7 Å². The second kappa shape index (κ2) is 4.30. The van der Waals surface area contributed by atoms with E-state index in [0.29, 0.717) is 17.0 Å². The molecular formula is C10H13N5O2. The summed E-state index contributed by atoms with van der Waals surface area (Å²) in [5.41, 5.74) is 5.78. The third-order valence-corrected chi connectivity index (χ3v) is 2.44. The minimum atomic E-state index is -0.610. The topological polar surface area (TPSA) is 112 Å². The van der Waals surface area contributed by atoms with Crippen molar-refractivity contribution in [2.24, 2.45) is 5.73 Å². The summed E-state index contributed by atoms with van der Waals surface area (Å²) in [6.45, 7) is 0.555. The van der Waals surface area contributed by atoms with E-state index in [1.807, 2.05) is 12.1 Å². The molecule has 0 aliphatic carbocycles. The van der Waals surface area contributed by atoms with Gasteiger partial charge in [0.2, 0.25) is 0 Å². The van der Waals surface area contributed by atoms with E-state index in [0.717, 1.165) is 16.6 Å². The van der Waals surface area contributed by atoms with Crippen LogP contribution in [0.5, 0.6) is 0 Å². The maximum atomic E-state index is 11.6. The van der Waals surface area contributed by atoms with Crippen LogP contribution < -0.4 is 23.0 Å². The first-order valence-corrected chi connectivity index (χ1v) is 5.12. The Labute approximate surface area is 96.2 Å². The molecule has 1 aromatic heterocycles. The number of nitrogens with two attached hydrogens (primary N) is 2. The molecule has 1 aromatic carbocycles. The number of nitrogen functional groups attached to an aromatic ring is 1. The van der Waals surface area contributed by atoms with Crippen molar-refractivity contribution in [1.82, 2.24) is 14.5 Å². The molecule has 0 radical (unpaired) electrons. The van der Waals surface area contributed by atoms with Gasteiger partial charge >= 0.3 is 11.4 Å². The lowest BCUT2D eigenvalue weighted by molar-refractivity contribution is 0.781. The van der Waals surface area contributed by atoms with Crippen LogP contribution in [0.15, 0.2) is 33.9 Å². The quantitative estimate of drug-likeness (QED) is 0.564. The molecule has 1 heterocycles. The highest BCUT2D eigenvalue weighted by Gasteiger charge is 2.08. The second-order valence-corrected chi connectivity index (χ2v) is 3.61. The van der Waals surface area contributed by atoms with Gasteiger partial charge in [-0.25, -0.2) is 19.3 Å². The Morgan fingerprint density at radius 1 is 1.18 bits per heavy atom. The van der Waals surface area contributed by atoms with Crippen LogP contribution in [0.3, 0.4) is 0 Å². The van der Waals surface area contributed by atoms with Gasteiger partial charge in [0.05, 0.1) is 5.69 Å². The fourth-order valence-corrected chi connectivity index (χ4v) is 1.60. The Kier molecular flexibility index (Phi) is 2.84. The molecule has 7 heteroatoms. The molecule has 0 amide bonds. The Morgan fingerprint density at radius 3 is 2.29 bits per heavy atom. The first-order valence-electron chi connectivity index (χ1n) is 5.12. The number of hydrogen-bond donors (Lipinski definition) is 3. The largest absolute Gasteiger partial charge is 0.370 e. The molecule has 0 bridgehead atoms. The molecule has 0 unspecified atom stereocenters. The number of hydrogen-bond acceptors (Lipinski definition) is 4. The van der Waals surface area contributed by atoms with Gasteiger partial charge < -0.3 is 11.6 Å². The Morgan fingerprint density at radius 2 is 1.82 bits per heavy atom. The van der Waals surface area contributed by atoms with Crippen molar-refractivity contribution in [2.45, 2.75) is 6.42 Å². The highest BCUT2D eigenvalue weighted by molar-refractivity contribution is 5.34. The summed E-state index contributed by atoms with van der Waals surface area (Å²) < 4.78 is 0.965. The van der Waals surface area contributed by atoms with Gasteiger partial charge in [-0.2, -0.15) is 0 Å². The number of H-pyrrole nitrogens is 1. The van der Waals surface area contributed by atoms with E-state index < -0.39 is 11.4 Å². The predicted octanol–water partition coefficient (Wildman–Crippen LogP) is -1.46. The van der Waals surface area contributed by atoms with E-state index in [2.05, 4.69) is 5.10 Å². The van der Waals surface area contributed by atoms with Crippen molar-refractivity contribution in [3.8, 4) is 5.69 Å². The summed E-state index contributed by atoms with van der Waals surface area (Å²) in [6.07, 6.45) is 0.753. The van der Waals surface area contributed by atoms with Gasteiger partial charge in [-0.3, -0.25) is 0 Å². The van der Waals surface area contributed by atoms with E-state index in [1.54, 1.807) is 12.1 Å². The Hall–Kier alpha value is -2.28. The van der Waals surface area contributed by atoms with Crippen molar-refractivity contribution in [1.29, 1.82) is 0 Å². The molecule has 90 valence electrons. The van der Waals surface area contributed by atoms with Crippen LogP contribution in [0.25, 0.3) is 5.69 Å². The highest BCUT2D eigenvalue weighted by Crippen LogP contribution is 2.06. The molecule has 0 aliphatic heterocycles. The number of aromatic nitrogens is 3. The molecule has 7 nitrogen and oxygen atoms in total. The SMILES string of the molecule is NCCc1ccc(-n2c(=O)[nH]n(N)c2=O)cc1. The number of rotatable bonds is 3. The molecule has 0 saturated heterocycles. The molecule has 0 aliphatic rings. The second-order valence-electron chi connectivity index (χ2n) is 3.61. The summed E-state index contributed by atoms with van der Waals surface area (Å²) in [4.78, 5) is 23.7. The molecule has 0 atom stereocenters. The summed E-state index contributed by atoms with van der Waals surface area (Å²) in [5.74, 6) is 5.27. The summed E-state index contributed by atoms with van der Waals surface area (Å²) in [5, 5.41) is 2.18. The van der Waals surface area contributed by atoms with Gasteiger partial charge in [0.25, 0.3) is 0 Å². The van der Waals surface area contributed by atoms with Crippen LogP contribution in [0, 0.1) is 0 Å². The molecule has 2 rings (SSSR count). The van der Waals surface area contributed by atoms with Crippen molar-refractivity contribution in [3.05, 3.63) is 50.8 Å². The zero-order chi connectivity index (χ0) is 12.4. The summed E-state index contributed by atoms with van der Waals surface area (Å²) in [7, 11) is 0. The van der Waals surface area contributed by atoms with Crippen LogP contribution in [0.4, 0.5) is 0 Å². The zero-order valence-corrected chi connectivity index (χ0v) is 9.09. The molecule has 0 fully saturated rings. The standard InChI is InChI=1S/C10H13N5O2/c11-6-5-7-1-3-8(4-2-7)14-9(16)13-15(12)10(14)17/h1-4H,5-6,11-12H2,(H,13,16). The van der Waals surface area contributed by atoms with E-state index in [4.69, 9.17) is 11.6 Å². The van der Waals surface area contributed by atoms with Crippen molar-refractivity contribution >= 4 is 0 Å². The maximum absolute atomic E-state index is 11.6. The Balaban J connectivity index is 2.47. The fraction of sp³-hybridized carbons (Fsp3) is 0.200. The molecule has 17 heavy (non-hydrogen) atoms. The first kappa shape index (κ1) is 11.2. The van der Waals surface area contributed by atoms with Crippen molar-refractivity contribution in [3.63, 3.8) is 0 Å². The molecule has 2 aromatic rings. The lowest BCUT2D eigenvalue weighted by atomic mass is 10.1. The summed E-state index contributed by atoms with van der Waals surface area (Å²) >= 11 is 0. The van der Waals surface area contributed by atoms with E-state index >= 15 is 0 Å². The van der Waals surface area contributed by atoms with Gasteiger partial charge in [-0.15, -0.1) is 4.79 Å². The lowest BCUT2D eigenvalue weighted by Gasteiger charge is -2.01. The third kappa shape index (κ3) is 2.00. The third-order valence-electron chi connectivity index (χ3n) is 2.44. The first-order chi connectivity index (χ1) is 8.13. The van der Waals surface area contributed by atoms with Crippen molar-refractivity contribution in [2.75, 3.05) is 12.4 Å². The molecule has 0 spiro atoms. The van der Waals surface area contributed by atoms with Gasteiger partial charge in [-0.1, -0.05) is 12.1 Å². The number of nitrogens with zero attached hydrogens (tertiary/aromatic N) is 2. The smallest absolute Gasteiger partial charge is 0.330 e. The van der Waals surface area contributed by atoms with Crippen LogP contribution in [0.1, 0.15) is 5.56 Å². The van der Waals surface area contributed by atoms with Crippen LogP contribution in [-0.4, -0.2) is 21.0 Å². The number of nitrogens with one attached hydrogen (secondary N) is 1. The van der Waals surface area contributed by atoms with Crippen molar-refractivity contribution < 1.29 is 0 Å². The fourth-order valence-electron chi connectivity index (χ4n) is 1.60. The molecular weight excluding hydrogens is 222 g/mol. The van der Waals surface area contributed by atoms with Gasteiger partial charge in [0.15, 0.2) is 0 Å².